The minimum absolute atomic E-state index is 0.0282. The molecule has 158 valence electrons. The fraction of sp³-hybridized carbons (Fsp3) is 0.240. The number of nitrogens with zero attached hydrogens (tertiary/aromatic N) is 3. The van der Waals surface area contributed by atoms with Gasteiger partial charge in [-0.05, 0) is 41.8 Å². The van der Waals surface area contributed by atoms with Crippen LogP contribution in [0.15, 0.2) is 73.6 Å². The number of aryl methyl sites for hydroxylation is 1. The Kier molecular flexibility index (Phi) is 6.28. The number of pyridine rings is 1. The molecule has 31 heavy (non-hydrogen) atoms. The Bertz CT molecular complexity index is 1090. The van der Waals surface area contributed by atoms with Gasteiger partial charge < -0.3 is 9.80 Å². The Balaban J connectivity index is 1.63. The molecule has 0 spiro atoms. The van der Waals surface area contributed by atoms with E-state index in [1.807, 2.05) is 55.6 Å². The summed E-state index contributed by atoms with van der Waals surface area (Å²) in [6.07, 6.45) is 5.78. The number of benzene rings is 1. The van der Waals surface area contributed by atoms with Gasteiger partial charge in [-0.2, -0.15) is 0 Å². The molecule has 0 radical (unpaired) electrons. The van der Waals surface area contributed by atoms with Crippen molar-refractivity contribution in [3.8, 4) is 11.1 Å². The Morgan fingerprint density at radius 2 is 2.03 bits per heavy atom. The molecule has 1 aliphatic rings. The van der Waals surface area contributed by atoms with Crippen molar-refractivity contribution in [1.82, 2.24) is 14.8 Å². The van der Waals surface area contributed by atoms with Gasteiger partial charge in [-0.3, -0.25) is 14.6 Å². The molecule has 3 aromatic rings. The molecule has 3 heterocycles. The van der Waals surface area contributed by atoms with Crippen molar-refractivity contribution in [2.75, 3.05) is 19.6 Å². The lowest BCUT2D eigenvalue weighted by molar-refractivity contribution is -0.139. The molecule has 0 saturated carbocycles. The normalized spacial score (nSPS) is 16.4. The summed E-state index contributed by atoms with van der Waals surface area (Å²) in [7, 11) is 0. The number of thiophene rings is 1. The van der Waals surface area contributed by atoms with Crippen molar-refractivity contribution in [2.45, 2.75) is 19.4 Å². The van der Waals surface area contributed by atoms with E-state index in [1.165, 1.54) is 11.3 Å². The predicted molar refractivity (Wildman–Crippen MR) is 124 cm³/mol. The maximum absolute atomic E-state index is 13.3. The van der Waals surface area contributed by atoms with Crippen LogP contribution in [0.3, 0.4) is 0 Å². The van der Waals surface area contributed by atoms with Gasteiger partial charge in [0.15, 0.2) is 0 Å². The van der Waals surface area contributed by atoms with Crippen LogP contribution in [-0.2, 0) is 11.2 Å². The van der Waals surface area contributed by atoms with Gasteiger partial charge in [-0.15, -0.1) is 17.9 Å². The Morgan fingerprint density at radius 1 is 1.19 bits per heavy atom. The number of carbonyl (C=O) groups excluding carboxylic acids is 2. The van der Waals surface area contributed by atoms with Gasteiger partial charge in [0.25, 0.3) is 5.91 Å². The number of carbonyl (C=O) groups is 2. The second kappa shape index (κ2) is 9.27. The average Bonchev–Trinajstić information content (AvgIpc) is 3.23. The van der Waals surface area contributed by atoms with Gasteiger partial charge in [0.05, 0.1) is 4.88 Å². The maximum Gasteiger partial charge on any atom is 0.264 e. The van der Waals surface area contributed by atoms with Gasteiger partial charge in [-0.25, -0.2) is 0 Å². The van der Waals surface area contributed by atoms with Gasteiger partial charge in [0, 0.05) is 43.3 Å². The van der Waals surface area contributed by atoms with Gasteiger partial charge in [0.1, 0.15) is 6.04 Å². The summed E-state index contributed by atoms with van der Waals surface area (Å²) < 4.78 is 0. The summed E-state index contributed by atoms with van der Waals surface area (Å²) in [6.45, 7) is 7.28. The molecule has 0 unspecified atom stereocenters. The lowest BCUT2D eigenvalue weighted by Gasteiger charge is -2.40. The fourth-order valence-electron chi connectivity index (χ4n) is 3.94. The first-order chi connectivity index (χ1) is 15.1. The van der Waals surface area contributed by atoms with E-state index >= 15 is 0 Å². The molecule has 1 atom stereocenters. The molecular weight excluding hydrogens is 406 g/mol. The van der Waals surface area contributed by atoms with E-state index in [9.17, 15) is 9.59 Å². The quantitative estimate of drug-likeness (QED) is 0.550. The van der Waals surface area contributed by atoms with Gasteiger partial charge in [-0.1, -0.05) is 36.4 Å². The third kappa shape index (κ3) is 4.59. The fourth-order valence-corrected chi connectivity index (χ4v) is 4.77. The molecule has 2 aromatic heterocycles. The molecule has 1 aliphatic heterocycles. The molecule has 0 bridgehead atoms. The molecule has 1 aromatic carbocycles. The Labute approximate surface area is 186 Å². The Hall–Kier alpha value is -3.25. The topological polar surface area (TPSA) is 53.5 Å². The largest absolute Gasteiger partial charge is 0.335 e. The van der Waals surface area contributed by atoms with Crippen molar-refractivity contribution in [3.05, 3.63) is 88.9 Å². The van der Waals surface area contributed by atoms with E-state index in [0.29, 0.717) is 30.9 Å². The summed E-state index contributed by atoms with van der Waals surface area (Å²) >= 11 is 1.47. The molecule has 0 aliphatic carbocycles. The van der Waals surface area contributed by atoms with Crippen LogP contribution in [0.25, 0.3) is 11.1 Å². The number of rotatable bonds is 6. The SMILES string of the molecule is C=CCN1CCN(C(=O)c2ccc(C)s2)[C@H](Cc2cccc(-c3cccnc3)c2)C1=O. The summed E-state index contributed by atoms with van der Waals surface area (Å²) in [4.78, 5) is 36.0. The van der Waals surface area contributed by atoms with Crippen LogP contribution in [0.1, 0.15) is 20.1 Å². The van der Waals surface area contributed by atoms with E-state index in [1.54, 1.807) is 22.1 Å². The zero-order valence-electron chi connectivity index (χ0n) is 17.5. The number of aromatic nitrogens is 1. The first kappa shape index (κ1) is 21.0. The van der Waals surface area contributed by atoms with E-state index in [0.717, 1.165) is 21.6 Å². The Morgan fingerprint density at radius 3 is 2.74 bits per heavy atom. The highest BCUT2D eigenvalue weighted by Gasteiger charge is 2.37. The predicted octanol–water partition coefficient (Wildman–Crippen LogP) is 4.20. The molecule has 5 nitrogen and oxygen atoms in total. The molecule has 2 amide bonds. The smallest absolute Gasteiger partial charge is 0.264 e. The lowest BCUT2D eigenvalue weighted by Crippen LogP contribution is -2.59. The van der Waals surface area contributed by atoms with Crippen LogP contribution in [-0.4, -0.2) is 52.3 Å². The van der Waals surface area contributed by atoms with Crippen LogP contribution in [0.5, 0.6) is 0 Å². The first-order valence-corrected chi connectivity index (χ1v) is 11.1. The second-order valence-corrected chi connectivity index (χ2v) is 8.93. The van der Waals surface area contributed by atoms with Crippen molar-refractivity contribution < 1.29 is 9.59 Å². The number of piperazine rings is 1. The highest BCUT2D eigenvalue weighted by molar-refractivity contribution is 7.13. The van der Waals surface area contributed by atoms with E-state index in [2.05, 4.69) is 17.6 Å². The van der Waals surface area contributed by atoms with Crippen LogP contribution in [0, 0.1) is 6.92 Å². The average molecular weight is 432 g/mol. The zero-order valence-corrected chi connectivity index (χ0v) is 18.3. The maximum atomic E-state index is 13.3. The molecule has 1 saturated heterocycles. The first-order valence-electron chi connectivity index (χ1n) is 10.3. The monoisotopic (exact) mass is 431 g/mol. The summed E-state index contributed by atoms with van der Waals surface area (Å²) in [5.41, 5.74) is 3.08. The van der Waals surface area contributed by atoms with E-state index in [4.69, 9.17) is 0 Å². The van der Waals surface area contributed by atoms with Crippen LogP contribution >= 0.6 is 11.3 Å². The van der Waals surface area contributed by atoms with Crippen molar-refractivity contribution >= 4 is 23.2 Å². The second-order valence-electron chi connectivity index (χ2n) is 7.64. The van der Waals surface area contributed by atoms with Gasteiger partial charge >= 0.3 is 0 Å². The standard InChI is InChI=1S/C25H25N3O2S/c1-3-12-27-13-14-28(25(30)23-10-9-18(2)31-23)22(24(27)29)16-19-6-4-7-20(15-19)21-8-5-11-26-17-21/h3-11,15,17,22H,1,12-14,16H2,2H3/t22-/m1/s1. The van der Waals surface area contributed by atoms with Crippen LogP contribution < -0.4 is 0 Å². The van der Waals surface area contributed by atoms with Crippen molar-refractivity contribution in [1.29, 1.82) is 0 Å². The number of hydrogen-bond acceptors (Lipinski definition) is 4. The summed E-state index contributed by atoms with van der Waals surface area (Å²) in [5.74, 6) is -0.0994. The van der Waals surface area contributed by atoms with Gasteiger partial charge in [0.2, 0.25) is 5.91 Å². The third-order valence-corrected chi connectivity index (χ3v) is 6.48. The summed E-state index contributed by atoms with van der Waals surface area (Å²) in [6, 6.07) is 15.3. The minimum atomic E-state index is -0.534. The third-order valence-electron chi connectivity index (χ3n) is 5.50. The van der Waals surface area contributed by atoms with Crippen LogP contribution in [0.2, 0.25) is 0 Å². The molecule has 0 N–H and O–H groups in total. The molecule has 1 fully saturated rings. The molecular formula is C25H25N3O2S. The minimum Gasteiger partial charge on any atom is -0.335 e. The summed E-state index contributed by atoms with van der Waals surface area (Å²) in [5, 5.41) is 0. The number of hydrogen-bond donors (Lipinski definition) is 0. The highest BCUT2D eigenvalue weighted by atomic mass is 32.1. The van der Waals surface area contributed by atoms with E-state index in [-0.39, 0.29) is 11.8 Å². The lowest BCUT2D eigenvalue weighted by atomic mass is 9.97. The van der Waals surface area contributed by atoms with Crippen LogP contribution in [0.4, 0.5) is 0 Å². The van der Waals surface area contributed by atoms with E-state index < -0.39 is 6.04 Å². The zero-order chi connectivity index (χ0) is 21.8. The molecule has 6 heteroatoms. The van der Waals surface area contributed by atoms with Crippen molar-refractivity contribution in [2.24, 2.45) is 0 Å². The molecule has 4 rings (SSSR count). The highest BCUT2D eigenvalue weighted by Crippen LogP contribution is 2.25. The number of amides is 2. The van der Waals surface area contributed by atoms with Crippen molar-refractivity contribution in [3.63, 3.8) is 0 Å².